The van der Waals surface area contributed by atoms with E-state index in [9.17, 15) is 18.0 Å². The standard InChI is InChI=1S/C33H24N2O6S/c36-32-29-30(23-18-20-25(21-19-23)41-42(38,39)26-14-5-2-6-15-26)35(24-12-3-1-4-13-24)40-31(29)33(37)34(32)28-17-9-11-22-10-7-8-16-27(22)28/h1-21,29-31H/t29-,30+,31-/m1/s1. The number of anilines is 2. The zero-order chi connectivity index (χ0) is 28.8. The van der Waals surface area contributed by atoms with Crippen LogP contribution in [0.1, 0.15) is 11.6 Å². The van der Waals surface area contributed by atoms with Crippen LogP contribution in [0.5, 0.6) is 5.75 Å². The van der Waals surface area contributed by atoms with Crippen LogP contribution in [0.3, 0.4) is 0 Å². The van der Waals surface area contributed by atoms with Gasteiger partial charge < -0.3 is 4.18 Å². The lowest BCUT2D eigenvalue weighted by atomic mass is 9.90. The first-order valence-electron chi connectivity index (χ1n) is 13.4. The van der Waals surface area contributed by atoms with Gasteiger partial charge in [-0.1, -0.05) is 84.9 Å². The normalized spacial score (nSPS) is 20.2. The van der Waals surface area contributed by atoms with Crippen molar-refractivity contribution < 1.29 is 27.0 Å². The molecule has 5 aromatic rings. The largest absolute Gasteiger partial charge is 0.379 e. The van der Waals surface area contributed by atoms with Gasteiger partial charge in [0.2, 0.25) is 5.91 Å². The minimum atomic E-state index is -4.03. The minimum Gasteiger partial charge on any atom is -0.379 e. The molecule has 2 saturated heterocycles. The lowest BCUT2D eigenvalue weighted by molar-refractivity contribution is -0.126. The molecule has 8 nitrogen and oxygen atoms in total. The highest BCUT2D eigenvalue weighted by atomic mass is 32.2. The monoisotopic (exact) mass is 576 g/mol. The number of hydroxylamine groups is 1. The average Bonchev–Trinajstić information content (AvgIpc) is 3.53. The van der Waals surface area contributed by atoms with Gasteiger partial charge in [-0.05, 0) is 53.4 Å². The predicted octanol–water partition coefficient (Wildman–Crippen LogP) is 5.66. The van der Waals surface area contributed by atoms with Crippen molar-refractivity contribution in [1.29, 1.82) is 0 Å². The zero-order valence-corrected chi connectivity index (χ0v) is 22.9. The Hall–Kier alpha value is -4.99. The molecule has 5 aromatic carbocycles. The number of hydrogen-bond donors (Lipinski definition) is 0. The van der Waals surface area contributed by atoms with Crippen LogP contribution < -0.4 is 14.1 Å². The first-order chi connectivity index (χ1) is 20.4. The molecule has 0 aliphatic carbocycles. The van der Waals surface area contributed by atoms with Crippen molar-refractivity contribution in [1.82, 2.24) is 0 Å². The summed E-state index contributed by atoms with van der Waals surface area (Å²) in [6.45, 7) is 0. The number of rotatable bonds is 6. The van der Waals surface area contributed by atoms with Crippen molar-refractivity contribution in [2.75, 3.05) is 9.96 Å². The van der Waals surface area contributed by atoms with E-state index in [0.29, 0.717) is 16.9 Å². The van der Waals surface area contributed by atoms with Gasteiger partial charge in [0.05, 0.1) is 17.4 Å². The topological polar surface area (TPSA) is 93.2 Å². The number of amides is 2. The summed E-state index contributed by atoms with van der Waals surface area (Å²) in [5.41, 5.74) is 1.86. The van der Waals surface area contributed by atoms with Crippen LogP contribution in [0, 0.1) is 5.92 Å². The second-order valence-electron chi connectivity index (χ2n) is 10.1. The van der Waals surface area contributed by atoms with Crippen molar-refractivity contribution in [3.05, 3.63) is 133 Å². The summed E-state index contributed by atoms with van der Waals surface area (Å²) in [6.07, 6.45) is -1.03. The second-order valence-corrected chi connectivity index (χ2v) is 11.6. The number of carbonyl (C=O) groups is 2. The molecule has 0 radical (unpaired) electrons. The van der Waals surface area contributed by atoms with Gasteiger partial charge in [0, 0.05) is 5.39 Å². The number of nitrogens with zero attached hydrogens (tertiary/aromatic N) is 2. The maximum absolute atomic E-state index is 14.1. The highest BCUT2D eigenvalue weighted by molar-refractivity contribution is 7.87. The SMILES string of the molecule is O=C1[C@H]2[C@@H](ON(c3ccccc3)[C@H]2c2ccc(OS(=O)(=O)c3ccccc3)cc2)C(=O)N1c1cccc2ccccc12. The molecule has 2 aliphatic rings. The van der Waals surface area contributed by atoms with Gasteiger partial charge in [-0.15, -0.1) is 0 Å². The first-order valence-corrected chi connectivity index (χ1v) is 14.8. The Labute approximate surface area is 242 Å². The van der Waals surface area contributed by atoms with E-state index in [1.807, 2.05) is 66.7 Å². The molecule has 0 spiro atoms. The van der Waals surface area contributed by atoms with Crippen LogP contribution in [-0.4, -0.2) is 26.3 Å². The van der Waals surface area contributed by atoms with E-state index in [4.69, 9.17) is 9.02 Å². The molecule has 9 heteroatoms. The molecule has 0 aromatic heterocycles. The molecule has 2 heterocycles. The second kappa shape index (κ2) is 10.1. The van der Waals surface area contributed by atoms with Crippen LogP contribution in [-0.2, 0) is 24.5 Å². The van der Waals surface area contributed by atoms with E-state index < -0.39 is 34.1 Å². The van der Waals surface area contributed by atoms with Gasteiger partial charge in [-0.2, -0.15) is 8.42 Å². The molecule has 208 valence electrons. The van der Waals surface area contributed by atoms with Gasteiger partial charge in [0.1, 0.15) is 16.6 Å². The third-order valence-corrected chi connectivity index (χ3v) is 8.85. The maximum Gasteiger partial charge on any atom is 0.339 e. The van der Waals surface area contributed by atoms with Gasteiger partial charge in [0.25, 0.3) is 5.91 Å². The molecule has 2 amide bonds. The Morgan fingerprint density at radius 1 is 0.667 bits per heavy atom. The number of hydrogen-bond acceptors (Lipinski definition) is 7. The van der Waals surface area contributed by atoms with Gasteiger partial charge in [-0.25, -0.2) is 9.96 Å². The molecule has 0 N–H and O–H groups in total. The molecule has 2 aliphatic heterocycles. The van der Waals surface area contributed by atoms with Crippen LogP contribution in [0.2, 0.25) is 0 Å². The third kappa shape index (κ3) is 4.30. The van der Waals surface area contributed by atoms with E-state index in [1.54, 1.807) is 41.5 Å². The molecular formula is C33H24N2O6S. The first kappa shape index (κ1) is 25.9. The number of benzene rings is 5. The molecule has 3 atom stereocenters. The smallest absolute Gasteiger partial charge is 0.339 e. The summed E-state index contributed by atoms with van der Waals surface area (Å²) in [7, 11) is -4.03. The fraction of sp³-hybridized carbons (Fsp3) is 0.0909. The molecule has 7 rings (SSSR count). The van der Waals surface area contributed by atoms with E-state index in [0.717, 1.165) is 10.8 Å². The quantitative estimate of drug-likeness (QED) is 0.190. The Balaban J connectivity index is 1.25. The molecule has 0 unspecified atom stereocenters. The third-order valence-electron chi connectivity index (χ3n) is 7.59. The van der Waals surface area contributed by atoms with Crippen LogP contribution in [0.15, 0.2) is 132 Å². The Morgan fingerprint density at radius 3 is 2.05 bits per heavy atom. The lowest BCUT2D eigenvalue weighted by Gasteiger charge is -2.29. The molecule has 2 fully saturated rings. The number of para-hydroxylation sites is 1. The summed E-state index contributed by atoms with van der Waals surface area (Å²) in [5, 5.41) is 3.30. The highest BCUT2D eigenvalue weighted by Gasteiger charge is 2.60. The summed E-state index contributed by atoms with van der Waals surface area (Å²) < 4.78 is 30.8. The summed E-state index contributed by atoms with van der Waals surface area (Å²) in [4.78, 5) is 35.4. The van der Waals surface area contributed by atoms with E-state index in [2.05, 4.69) is 0 Å². The molecular weight excluding hydrogens is 552 g/mol. The van der Waals surface area contributed by atoms with Gasteiger partial charge >= 0.3 is 10.1 Å². The van der Waals surface area contributed by atoms with E-state index in [-0.39, 0.29) is 16.6 Å². The van der Waals surface area contributed by atoms with E-state index >= 15 is 0 Å². The van der Waals surface area contributed by atoms with Crippen LogP contribution in [0.4, 0.5) is 11.4 Å². The van der Waals surface area contributed by atoms with Crippen molar-refractivity contribution in [2.45, 2.75) is 17.0 Å². The highest BCUT2D eigenvalue weighted by Crippen LogP contribution is 2.48. The number of carbonyl (C=O) groups excluding carboxylic acids is 2. The van der Waals surface area contributed by atoms with Crippen molar-refractivity contribution in [3.63, 3.8) is 0 Å². The fourth-order valence-electron chi connectivity index (χ4n) is 5.68. The lowest BCUT2D eigenvalue weighted by Crippen LogP contribution is -2.37. The Kier molecular flexibility index (Phi) is 6.26. The molecule has 42 heavy (non-hydrogen) atoms. The van der Waals surface area contributed by atoms with Crippen molar-refractivity contribution in [3.8, 4) is 5.75 Å². The van der Waals surface area contributed by atoms with Crippen LogP contribution >= 0.6 is 0 Å². The van der Waals surface area contributed by atoms with Crippen molar-refractivity contribution >= 4 is 44.1 Å². The van der Waals surface area contributed by atoms with Crippen molar-refractivity contribution in [2.24, 2.45) is 5.92 Å². The Morgan fingerprint density at radius 2 is 1.31 bits per heavy atom. The molecule has 0 bridgehead atoms. The number of imide groups is 1. The summed E-state index contributed by atoms with van der Waals surface area (Å²) >= 11 is 0. The molecule has 0 saturated carbocycles. The Bertz CT molecular complexity index is 1910. The fourth-order valence-corrected chi connectivity index (χ4v) is 6.63. The predicted molar refractivity (Wildman–Crippen MR) is 157 cm³/mol. The van der Waals surface area contributed by atoms with E-state index in [1.165, 1.54) is 29.2 Å². The number of fused-ring (bicyclic) bond motifs is 2. The minimum absolute atomic E-state index is 0.0416. The summed E-state index contributed by atoms with van der Waals surface area (Å²) in [5.74, 6) is -1.51. The van der Waals surface area contributed by atoms with Gasteiger partial charge in [0.15, 0.2) is 6.10 Å². The zero-order valence-electron chi connectivity index (χ0n) is 22.1. The van der Waals surface area contributed by atoms with Crippen LogP contribution in [0.25, 0.3) is 10.8 Å². The summed E-state index contributed by atoms with van der Waals surface area (Å²) in [6, 6.07) is 36.1. The maximum atomic E-state index is 14.1. The average molecular weight is 577 g/mol. The van der Waals surface area contributed by atoms with Gasteiger partial charge in [-0.3, -0.25) is 14.4 Å².